The molecule has 0 aliphatic carbocycles. The molecule has 0 aliphatic heterocycles. The number of hydrazone groups is 1. The number of halogens is 9. The van der Waals surface area contributed by atoms with Crippen LogP contribution in [-0.4, -0.2) is 48.8 Å². The lowest BCUT2D eigenvalue weighted by atomic mass is 9.95. The van der Waals surface area contributed by atoms with Crippen molar-refractivity contribution in [2.75, 3.05) is 14.1 Å². The van der Waals surface area contributed by atoms with Gasteiger partial charge in [0.25, 0.3) is 0 Å². The average Bonchev–Trinajstić information content (AvgIpc) is 2.43. The van der Waals surface area contributed by atoms with Crippen molar-refractivity contribution in [1.82, 2.24) is 5.01 Å². The molecular formula is C13H11F9N2. The zero-order chi connectivity index (χ0) is 19.0. The first kappa shape index (κ1) is 20.1. The highest BCUT2D eigenvalue weighted by Crippen LogP contribution is 2.54. The molecule has 0 heterocycles. The Morgan fingerprint density at radius 3 is 1.62 bits per heavy atom. The largest absolute Gasteiger partial charge is 0.460 e. The van der Waals surface area contributed by atoms with Gasteiger partial charge in [-0.3, -0.25) is 0 Å². The molecule has 0 bridgehead atoms. The first-order chi connectivity index (χ1) is 10.7. The molecule has 0 saturated heterocycles. The van der Waals surface area contributed by atoms with Crippen LogP contribution in [-0.2, 0) is 0 Å². The molecule has 0 unspecified atom stereocenters. The van der Waals surface area contributed by atoms with Gasteiger partial charge in [0.15, 0.2) is 0 Å². The lowest BCUT2D eigenvalue weighted by Crippen LogP contribution is -2.63. The third kappa shape index (κ3) is 3.29. The van der Waals surface area contributed by atoms with Crippen molar-refractivity contribution in [2.45, 2.75) is 23.9 Å². The van der Waals surface area contributed by atoms with Crippen LogP contribution in [0.15, 0.2) is 35.4 Å². The van der Waals surface area contributed by atoms with Gasteiger partial charge in [0, 0.05) is 19.7 Å². The Hall–Kier alpha value is -1.94. The molecule has 0 spiro atoms. The van der Waals surface area contributed by atoms with Crippen LogP contribution in [0.3, 0.4) is 0 Å². The minimum atomic E-state index is -6.97. The SMILES string of the molecule is CN(C)/N=C(/c1ccccc1)C(F)(F)C(F)(F)C(F)(F)C(F)(F)F. The highest BCUT2D eigenvalue weighted by Gasteiger charge is 2.83. The van der Waals surface area contributed by atoms with Gasteiger partial charge in [0.2, 0.25) is 0 Å². The van der Waals surface area contributed by atoms with Gasteiger partial charge in [-0.25, -0.2) is 0 Å². The van der Waals surface area contributed by atoms with Crippen LogP contribution in [0.1, 0.15) is 5.56 Å². The molecule has 1 aromatic carbocycles. The van der Waals surface area contributed by atoms with Gasteiger partial charge in [-0.05, 0) is 0 Å². The van der Waals surface area contributed by atoms with Crippen molar-refractivity contribution in [3.63, 3.8) is 0 Å². The summed E-state index contributed by atoms with van der Waals surface area (Å²) in [5.74, 6) is -19.6. The summed E-state index contributed by atoms with van der Waals surface area (Å²) in [6.45, 7) is 0. The van der Waals surface area contributed by atoms with E-state index in [0.29, 0.717) is 5.01 Å². The maximum absolute atomic E-state index is 14.1. The fraction of sp³-hybridized carbons (Fsp3) is 0.462. The molecule has 0 atom stereocenters. The molecule has 0 fully saturated rings. The molecule has 11 heteroatoms. The summed E-state index contributed by atoms with van der Waals surface area (Å²) in [5.41, 5.74) is -2.64. The minimum Gasteiger partial charge on any atom is -0.303 e. The van der Waals surface area contributed by atoms with Crippen LogP contribution < -0.4 is 0 Å². The lowest BCUT2D eigenvalue weighted by Gasteiger charge is -2.34. The van der Waals surface area contributed by atoms with Gasteiger partial charge < -0.3 is 5.01 Å². The lowest BCUT2D eigenvalue weighted by molar-refractivity contribution is -0.384. The Morgan fingerprint density at radius 2 is 1.25 bits per heavy atom. The van der Waals surface area contributed by atoms with Crippen molar-refractivity contribution in [3.8, 4) is 0 Å². The zero-order valence-corrected chi connectivity index (χ0v) is 12.2. The van der Waals surface area contributed by atoms with E-state index in [9.17, 15) is 39.5 Å². The normalized spacial score (nSPS) is 14.7. The molecule has 1 rings (SSSR count). The van der Waals surface area contributed by atoms with E-state index >= 15 is 0 Å². The molecule has 0 aromatic heterocycles. The molecule has 0 aliphatic rings. The van der Waals surface area contributed by atoms with Crippen LogP contribution in [0.4, 0.5) is 39.5 Å². The van der Waals surface area contributed by atoms with E-state index in [-0.39, 0.29) is 0 Å². The number of benzene rings is 1. The predicted molar refractivity (Wildman–Crippen MR) is 67.6 cm³/mol. The van der Waals surface area contributed by atoms with Gasteiger partial charge in [0.05, 0.1) is 0 Å². The second kappa shape index (κ2) is 6.17. The molecule has 0 N–H and O–H groups in total. The van der Waals surface area contributed by atoms with Crippen LogP contribution in [0.5, 0.6) is 0 Å². The van der Waals surface area contributed by atoms with Crippen molar-refractivity contribution in [2.24, 2.45) is 5.10 Å². The van der Waals surface area contributed by atoms with Gasteiger partial charge in [-0.15, -0.1) is 0 Å². The molecule has 0 saturated carbocycles. The monoisotopic (exact) mass is 366 g/mol. The number of hydrogen-bond acceptors (Lipinski definition) is 2. The third-order valence-corrected chi connectivity index (χ3v) is 2.79. The molecule has 136 valence electrons. The Kier molecular flexibility index (Phi) is 5.17. The van der Waals surface area contributed by atoms with E-state index in [1.165, 1.54) is 6.07 Å². The second-order valence-corrected chi connectivity index (χ2v) is 4.88. The zero-order valence-electron chi connectivity index (χ0n) is 12.2. The Bertz CT molecular complexity index is 591. The van der Waals surface area contributed by atoms with E-state index in [0.717, 1.165) is 38.4 Å². The summed E-state index contributed by atoms with van der Waals surface area (Å²) in [6.07, 6.45) is -6.88. The van der Waals surface area contributed by atoms with Crippen LogP contribution in [0.2, 0.25) is 0 Å². The quantitative estimate of drug-likeness (QED) is 0.428. The van der Waals surface area contributed by atoms with Crippen molar-refractivity contribution in [1.29, 1.82) is 0 Å². The van der Waals surface area contributed by atoms with Crippen LogP contribution in [0.25, 0.3) is 0 Å². The summed E-state index contributed by atoms with van der Waals surface area (Å²) in [7, 11) is 2.03. The molecule has 1 aromatic rings. The molecular weight excluding hydrogens is 355 g/mol. The number of alkyl halides is 9. The highest BCUT2D eigenvalue weighted by molar-refractivity contribution is 6.06. The molecule has 0 radical (unpaired) electrons. The van der Waals surface area contributed by atoms with Crippen molar-refractivity contribution in [3.05, 3.63) is 35.9 Å². The van der Waals surface area contributed by atoms with Gasteiger partial charge in [0.1, 0.15) is 5.71 Å². The van der Waals surface area contributed by atoms with E-state index in [1.54, 1.807) is 0 Å². The Labute approximate surface area is 130 Å². The molecule has 2 nitrogen and oxygen atoms in total. The number of nitrogens with zero attached hydrogens (tertiary/aromatic N) is 2. The van der Waals surface area contributed by atoms with Gasteiger partial charge >= 0.3 is 23.9 Å². The van der Waals surface area contributed by atoms with Crippen LogP contribution in [0, 0.1) is 0 Å². The van der Waals surface area contributed by atoms with E-state index in [4.69, 9.17) is 0 Å². The van der Waals surface area contributed by atoms with Gasteiger partial charge in [-0.2, -0.15) is 44.6 Å². The fourth-order valence-electron chi connectivity index (χ4n) is 1.62. The highest BCUT2D eigenvalue weighted by atomic mass is 19.4. The molecule has 0 amide bonds. The Morgan fingerprint density at radius 1 is 0.792 bits per heavy atom. The molecule has 24 heavy (non-hydrogen) atoms. The maximum Gasteiger partial charge on any atom is 0.460 e. The summed E-state index contributed by atoms with van der Waals surface area (Å²) in [5, 5.41) is 3.58. The predicted octanol–water partition coefficient (Wildman–Crippen LogP) is 4.42. The van der Waals surface area contributed by atoms with Crippen molar-refractivity contribution < 1.29 is 39.5 Å². The topological polar surface area (TPSA) is 15.6 Å². The van der Waals surface area contributed by atoms with E-state index in [1.807, 2.05) is 0 Å². The van der Waals surface area contributed by atoms with E-state index in [2.05, 4.69) is 5.10 Å². The summed E-state index contributed by atoms with van der Waals surface area (Å²) >= 11 is 0. The Balaban J connectivity index is 3.57. The minimum absolute atomic E-state index is 0.581. The summed E-state index contributed by atoms with van der Waals surface area (Å²) in [4.78, 5) is 0. The van der Waals surface area contributed by atoms with Crippen LogP contribution >= 0.6 is 0 Å². The average molecular weight is 366 g/mol. The second-order valence-electron chi connectivity index (χ2n) is 4.88. The maximum atomic E-state index is 14.1. The summed E-state index contributed by atoms with van der Waals surface area (Å²) in [6, 6.07) is 5.18. The van der Waals surface area contributed by atoms with Gasteiger partial charge in [-0.1, -0.05) is 30.3 Å². The number of rotatable bonds is 5. The summed E-state index contributed by atoms with van der Waals surface area (Å²) < 4.78 is 118. The standard InChI is InChI=1S/C13H11F9N2/c1-24(2)23-9(8-6-4-3-5-7-8)10(14,15)11(16,17)12(18,19)13(20,21)22/h3-7H,1-2H3/b23-9-. The first-order valence-corrected chi connectivity index (χ1v) is 6.18. The smallest absolute Gasteiger partial charge is 0.303 e. The number of hydrogen-bond donors (Lipinski definition) is 0. The fourth-order valence-corrected chi connectivity index (χ4v) is 1.62. The third-order valence-electron chi connectivity index (χ3n) is 2.79. The first-order valence-electron chi connectivity index (χ1n) is 6.18. The van der Waals surface area contributed by atoms with Crippen molar-refractivity contribution >= 4 is 5.71 Å². The van der Waals surface area contributed by atoms with E-state index < -0.39 is 35.2 Å².